The van der Waals surface area contributed by atoms with Crippen LogP contribution in [0.15, 0.2) is 48.5 Å². The molecule has 0 bridgehead atoms. The highest BCUT2D eigenvalue weighted by Gasteiger charge is 2.31. The van der Waals surface area contributed by atoms with Gasteiger partial charge < -0.3 is 10.0 Å². The van der Waals surface area contributed by atoms with Gasteiger partial charge in [0.2, 0.25) is 5.91 Å². The molecule has 1 heterocycles. The Kier molecular flexibility index (Phi) is 5.71. The highest BCUT2D eigenvalue weighted by atomic mass is 16.4. The van der Waals surface area contributed by atoms with Crippen LogP contribution < -0.4 is 0 Å². The molecular weight excluding hydrogens is 326 g/mol. The second-order valence-electron chi connectivity index (χ2n) is 7.06. The second kappa shape index (κ2) is 8.17. The van der Waals surface area contributed by atoms with E-state index in [1.165, 1.54) is 11.1 Å². The van der Waals surface area contributed by atoms with Crippen molar-refractivity contribution in [3.05, 3.63) is 70.8 Å². The molecule has 1 atom stereocenters. The number of benzene rings is 2. The minimum Gasteiger partial charge on any atom is -0.481 e. The van der Waals surface area contributed by atoms with E-state index in [4.69, 9.17) is 0 Å². The number of fused-ring (bicyclic) bond motifs is 1. The van der Waals surface area contributed by atoms with Crippen LogP contribution in [-0.4, -0.2) is 28.4 Å². The maximum atomic E-state index is 12.6. The number of aryl methyl sites for hydroxylation is 2. The lowest BCUT2D eigenvalue weighted by Gasteiger charge is -2.33. The van der Waals surface area contributed by atoms with Crippen LogP contribution in [0.2, 0.25) is 0 Å². The van der Waals surface area contributed by atoms with Gasteiger partial charge in [-0.2, -0.15) is 0 Å². The number of carbonyl (C=O) groups is 2. The number of hydrogen-bond donors (Lipinski definition) is 1. The topological polar surface area (TPSA) is 57.6 Å². The zero-order valence-electron chi connectivity index (χ0n) is 15.1. The molecule has 1 amide bonds. The third kappa shape index (κ3) is 4.31. The Morgan fingerprint density at radius 1 is 1.08 bits per heavy atom. The van der Waals surface area contributed by atoms with Crippen LogP contribution in [0.1, 0.15) is 47.4 Å². The van der Waals surface area contributed by atoms with E-state index in [0.717, 1.165) is 30.4 Å². The number of carboxylic acids is 1. The Bertz CT molecular complexity index is 782. The monoisotopic (exact) mass is 351 g/mol. The van der Waals surface area contributed by atoms with Crippen molar-refractivity contribution >= 4 is 11.9 Å². The van der Waals surface area contributed by atoms with Gasteiger partial charge in [0.05, 0.1) is 5.92 Å². The molecule has 0 spiro atoms. The predicted molar refractivity (Wildman–Crippen MR) is 101 cm³/mol. The SMILES string of the molecule is Cc1ccc(CCCCC(=O)N2Cc3ccccc3C(C(=O)O)C2)cc1. The summed E-state index contributed by atoms with van der Waals surface area (Å²) in [6, 6.07) is 16.0. The maximum Gasteiger partial charge on any atom is 0.312 e. The van der Waals surface area contributed by atoms with Gasteiger partial charge in [-0.3, -0.25) is 9.59 Å². The number of hydrogen-bond acceptors (Lipinski definition) is 2. The Hall–Kier alpha value is -2.62. The van der Waals surface area contributed by atoms with Gasteiger partial charge in [0.25, 0.3) is 0 Å². The molecule has 136 valence electrons. The van der Waals surface area contributed by atoms with Crippen molar-refractivity contribution < 1.29 is 14.7 Å². The number of unbranched alkanes of at least 4 members (excludes halogenated alkanes) is 1. The molecule has 0 saturated carbocycles. The average Bonchev–Trinajstić information content (AvgIpc) is 2.65. The summed E-state index contributed by atoms with van der Waals surface area (Å²) in [5.41, 5.74) is 4.32. The van der Waals surface area contributed by atoms with Gasteiger partial charge in [-0.1, -0.05) is 54.1 Å². The van der Waals surface area contributed by atoms with Crippen LogP contribution >= 0.6 is 0 Å². The third-order valence-corrected chi connectivity index (χ3v) is 5.07. The van der Waals surface area contributed by atoms with Gasteiger partial charge in [-0.15, -0.1) is 0 Å². The van der Waals surface area contributed by atoms with Crippen molar-refractivity contribution in [2.45, 2.75) is 45.1 Å². The lowest BCUT2D eigenvalue weighted by Crippen LogP contribution is -2.40. The number of carbonyl (C=O) groups excluding carboxylic acids is 1. The van der Waals surface area contributed by atoms with Crippen molar-refractivity contribution in [3.8, 4) is 0 Å². The average molecular weight is 351 g/mol. The molecule has 4 nitrogen and oxygen atoms in total. The summed E-state index contributed by atoms with van der Waals surface area (Å²) in [6.07, 6.45) is 3.22. The van der Waals surface area contributed by atoms with Crippen molar-refractivity contribution in [2.24, 2.45) is 0 Å². The first kappa shape index (κ1) is 18.2. The van der Waals surface area contributed by atoms with E-state index in [1.54, 1.807) is 4.90 Å². The first-order valence-corrected chi connectivity index (χ1v) is 9.18. The summed E-state index contributed by atoms with van der Waals surface area (Å²) in [6.45, 7) is 2.85. The van der Waals surface area contributed by atoms with Crippen molar-refractivity contribution in [2.75, 3.05) is 6.54 Å². The molecule has 0 saturated heterocycles. The van der Waals surface area contributed by atoms with E-state index in [9.17, 15) is 14.7 Å². The fraction of sp³-hybridized carbons (Fsp3) is 0.364. The van der Waals surface area contributed by atoms with Gasteiger partial charge in [0, 0.05) is 19.5 Å². The van der Waals surface area contributed by atoms with Crippen molar-refractivity contribution in [1.29, 1.82) is 0 Å². The molecular formula is C22H25NO3. The molecule has 0 aromatic heterocycles. The van der Waals surface area contributed by atoms with Gasteiger partial charge in [0.15, 0.2) is 0 Å². The molecule has 1 aliphatic rings. The zero-order chi connectivity index (χ0) is 18.5. The lowest BCUT2D eigenvalue weighted by molar-refractivity contribution is -0.141. The van der Waals surface area contributed by atoms with Crippen LogP contribution in [0.25, 0.3) is 0 Å². The van der Waals surface area contributed by atoms with Gasteiger partial charge in [-0.05, 0) is 42.9 Å². The Morgan fingerprint density at radius 3 is 2.54 bits per heavy atom. The fourth-order valence-corrected chi connectivity index (χ4v) is 3.53. The molecule has 0 aliphatic carbocycles. The standard InChI is InChI=1S/C22H25NO3/c1-16-10-12-17(13-11-16)6-2-5-9-21(24)23-14-18-7-3-4-8-19(18)20(15-23)22(25)26/h3-4,7-8,10-13,20H,2,5-6,9,14-15H2,1H3,(H,25,26). The van der Waals surface area contributed by atoms with Crippen LogP contribution in [0, 0.1) is 6.92 Å². The molecule has 2 aromatic carbocycles. The van der Waals surface area contributed by atoms with Crippen molar-refractivity contribution in [1.82, 2.24) is 4.90 Å². The fourth-order valence-electron chi connectivity index (χ4n) is 3.53. The number of carboxylic acid groups (broad SMARTS) is 1. The zero-order valence-corrected chi connectivity index (χ0v) is 15.1. The predicted octanol–water partition coefficient (Wildman–Crippen LogP) is 3.92. The highest BCUT2D eigenvalue weighted by Crippen LogP contribution is 2.29. The highest BCUT2D eigenvalue weighted by molar-refractivity contribution is 5.81. The van der Waals surface area contributed by atoms with Crippen LogP contribution in [0.5, 0.6) is 0 Å². The van der Waals surface area contributed by atoms with E-state index in [2.05, 4.69) is 31.2 Å². The molecule has 2 aromatic rings. The van der Waals surface area contributed by atoms with E-state index >= 15 is 0 Å². The summed E-state index contributed by atoms with van der Waals surface area (Å²) >= 11 is 0. The summed E-state index contributed by atoms with van der Waals surface area (Å²) in [7, 11) is 0. The van der Waals surface area contributed by atoms with E-state index < -0.39 is 11.9 Å². The minimum absolute atomic E-state index is 0.0506. The second-order valence-corrected chi connectivity index (χ2v) is 7.06. The molecule has 3 rings (SSSR count). The maximum absolute atomic E-state index is 12.6. The largest absolute Gasteiger partial charge is 0.481 e. The number of aliphatic carboxylic acids is 1. The first-order chi connectivity index (χ1) is 12.5. The molecule has 1 unspecified atom stereocenters. The van der Waals surface area contributed by atoms with Crippen LogP contribution in [-0.2, 0) is 22.6 Å². The molecule has 0 radical (unpaired) electrons. The molecule has 1 aliphatic heterocycles. The summed E-state index contributed by atoms with van der Waals surface area (Å²) < 4.78 is 0. The summed E-state index contributed by atoms with van der Waals surface area (Å²) in [4.78, 5) is 25.9. The first-order valence-electron chi connectivity index (χ1n) is 9.18. The van der Waals surface area contributed by atoms with Gasteiger partial charge >= 0.3 is 5.97 Å². The summed E-state index contributed by atoms with van der Waals surface area (Å²) in [5.74, 6) is -1.44. The van der Waals surface area contributed by atoms with E-state index in [-0.39, 0.29) is 12.5 Å². The Morgan fingerprint density at radius 2 is 1.81 bits per heavy atom. The third-order valence-electron chi connectivity index (χ3n) is 5.07. The van der Waals surface area contributed by atoms with Gasteiger partial charge in [-0.25, -0.2) is 0 Å². The van der Waals surface area contributed by atoms with Crippen LogP contribution in [0.3, 0.4) is 0 Å². The molecule has 4 heteroatoms. The Labute approximate surface area is 154 Å². The van der Waals surface area contributed by atoms with Crippen LogP contribution in [0.4, 0.5) is 0 Å². The quantitative estimate of drug-likeness (QED) is 0.803. The smallest absolute Gasteiger partial charge is 0.312 e. The lowest BCUT2D eigenvalue weighted by atomic mass is 9.89. The number of nitrogens with zero attached hydrogens (tertiary/aromatic N) is 1. The number of rotatable bonds is 6. The van der Waals surface area contributed by atoms with Crippen molar-refractivity contribution in [3.63, 3.8) is 0 Å². The number of amides is 1. The molecule has 0 fully saturated rings. The van der Waals surface area contributed by atoms with E-state index in [0.29, 0.717) is 13.0 Å². The van der Waals surface area contributed by atoms with Gasteiger partial charge in [0.1, 0.15) is 0 Å². The normalized spacial score (nSPS) is 16.2. The Balaban J connectivity index is 1.53. The summed E-state index contributed by atoms with van der Waals surface area (Å²) in [5, 5.41) is 9.51. The molecule has 26 heavy (non-hydrogen) atoms. The minimum atomic E-state index is -0.866. The molecule has 1 N–H and O–H groups in total. The van der Waals surface area contributed by atoms with E-state index in [1.807, 2.05) is 24.3 Å².